The summed E-state index contributed by atoms with van der Waals surface area (Å²) in [5.74, 6) is 0.592. The lowest BCUT2D eigenvalue weighted by atomic mass is 9.99. The molecule has 1 fully saturated rings. The summed E-state index contributed by atoms with van der Waals surface area (Å²) >= 11 is 0. The maximum atomic E-state index is 12.0. The van der Waals surface area contributed by atoms with E-state index in [1.165, 1.54) is 0 Å². The second-order valence-corrected chi connectivity index (χ2v) is 4.04. The van der Waals surface area contributed by atoms with E-state index in [-0.39, 0.29) is 6.54 Å². The molecule has 1 heterocycles. The van der Waals surface area contributed by atoms with Crippen molar-refractivity contribution < 1.29 is 18.3 Å². The van der Waals surface area contributed by atoms with Crippen molar-refractivity contribution in [3.8, 4) is 0 Å². The van der Waals surface area contributed by atoms with Gasteiger partial charge >= 0.3 is 6.18 Å². The first kappa shape index (κ1) is 11.8. The third-order valence-corrected chi connectivity index (χ3v) is 2.69. The predicted molar refractivity (Wildman–Crippen MR) is 46.9 cm³/mol. The summed E-state index contributed by atoms with van der Waals surface area (Å²) in [7, 11) is 0. The normalized spacial score (nSPS) is 23.8. The van der Waals surface area contributed by atoms with Gasteiger partial charge in [-0.15, -0.1) is 0 Å². The van der Waals surface area contributed by atoms with Crippen LogP contribution in [0.2, 0.25) is 0 Å². The Labute approximate surface area is 81.7 Å². The number of rotatable bonds is 2. The van der Waals surface area contributed by atoms with Gasteiger partial charge < -0.3 is 10.0 Å². The highest BCUT2D eigenvalue weighted by Crippen LogP contribution is 2.23. The Balaban J connectivity index is 2.31. The molecule has 14 heavy (non-hydrogen) atoms. The van der Waals surface area contributed by atoms with Gasteiger partial charge in [0.2, 0.25) is 0 Å². The Morgan fingerprint density at radius 1 is 1.36 bits per heavy atom. The molecule has 1 saturated heterocycles. The largest absolute Gasteiger partial charge is 0.415 e. The number of alkyl halides is 3. The Bertz CT molecular complexity index is 175. The van der Waals surface area contributed by atoms with E-state index in [0.717, 1.165) is 12.8 Å². The fraction of sp³-hybridized carbons (Fsp3) is 1.00. The third-order valence-electron chi connectivity index (χ3n) is 2.69. The first-order valence-corrected chi connectivity index (χ1v) is 4.86. The summed E-state index contributed by atoms with van der Waals surface area (Å²) in [6, 6.07) is 0. The molecule has 1 aliphatic rings. The zero-order chi connectivity index (χ0) is 10.8. The molecule has 2 nitrogen and oxygen atoms in total. The second-order valence-electron chi connectivity index (χ2n) is 4.04. The molecule has 0 amide bonds. The van der Waals surface area contributed by atoms with Crippen LogP contribution in [-0.2, 0) is 0 Å². The molecule has 0 aromatic carbocycles. The van der Waals surface area contributed by atoms with Crippen molar-refractivity contribution >= 4 is 0 Å². The maximum absolute atomic E-state index is 12.0. The molecule has 84 valence electrons. The maximum Gasteiger partial charge on any atom is 0.415 e. The number of halogens is 3. The number of nitrogens with zero attached hydrogens (tertiary/aromatic N) is 1. The van der Waals surface area contributed by atoms with Crippen LogP contribution < -0.4 is 0 Å². The first-order chi connectivity index (χ1) is 6.39. The first-order valence-electron chi connectivity index (χ1n) is 4.86. The number of β-amino-alcohol motifs (C(OH)–C–C–N with tert-alkyl or cyclic N) is 1. The van der Waals surface area contributed by atoms with Crippen molar-refractivity contribution in [1.29, 1.82) is 0 Å². The molecule has 5 heteroatoms. The van der Waals surface area contributed by atoms with Crippen LogP contribution in [0, 0.1) is 5.92 Å². The van der Waals surface area contributed by atoms with Crippen LogP contribution in [0.3, 0.4) is 0 Å². The number of hydrogen-bond donors (Lipinski definition) is 1. The summed E-state index contributed by atoms with van der Waals surface area (Å²) in [5.41, 5.74) is 0. The quantitative estimate of drug-likeness (QED) is 0.750. The van der Waals surface area contributed by atoms with Gasteiger partial charge in [0.15, 0.2) is 6.10 Å². The molecule has 1 aliphatic heterocycles. The number of aliphatic hydroxyl groups excluding tert-OH is 1. The van der Waals surface area contributed by atoms with Crippen molar-refractivity contribution in [1.82, 2.24) is 4.90 Å². The Morgan fingerprint density at radius 3 is 2.29 bits per heavy atom. The van der Waals surface area contributed by atoms with E-state index in [0.29, 0.717) is 19.0 Å². The summed E-state index contributed by atoms with van der Waals surface area (Å²) in [6.07, 6.45) is -4.84. The van der Waals surface area contributed by atoms with E-state index in [2.05, 4.69) is 6.92 Å². The predicted octanol–water partition coefficient (Wildman–Crippen LogP) is 1.64. The van der Waals surface area contributed by atoms with E-state index in [1.807, 2.05) is 0 Å². The van der Waals surface area contributed by atoms with Crippen LogP contribution >= 0.6 is 0 Å². The van der Waals surface area contributed by atoms with Gasteiger partial charge in [-0.25, -0.2) is 0 Å². The zero-order valence-electron chi connectivity index (χ0n) is 8.22. The van der Waals surface area contributed by atoms with Crippen LogP contribution in [0.1, 0.15) is 19.8 Å². The minimum atomic E-state index is -4.48. The molecule has 1 atom stereocenters. The smallest absolute Gasteiger partial charge is 0.382 e. The lowest BCUT2D eigenvalue weighted by molar-refractivity contribution is -0.208. The zero-order valence-corrected chi connectivity index (χ0v) is 8.22. The molecule has 1 rings (SSSR count). The van der Waals surface area contributed by atoms with Crippen LogP contribution in [0.25, 0.3) is 0 Å². The van der Waals surface area contributed by atoms with Gasteiger partial charge in [0.25, 0.3) is 0 Å². The van der Waals surface area contributed by atoms with E-state index in [4.69, 9.17) is 5.11 Å². The molecule has 1 N–H and O–H groups in total. The minimum absolute atomic E-state index is 0.282. The average Bonchev–Trinajstić information content (AvgIpc) is 2.07. The highest BCUT2D eigenvalue weighted by Gasteiger charge is 2.39. The van der Waals surface area contributed by atoms with Gasteiger partial charge in [0.05, 0.1) is 0 Å². The van der Waals surface area contributed by atoms with Crippen LogP contribution in [0.5, 0.6) is 0 Å². The Kier molecular flexibility index (Phi) is 3.78. The van der Waals surface area contributed by atoms with Gasteiger partial charge in [0, 0.05) is 6.54 Å². The molecule has 0 unspecified atom stereocenters. The summed E-state index contributed by atoms with van der Waals surface area (Å²) in [6.45, 7) is 3.14. The molecule has 0 radical (unpaired) electrons. The molecular weight excluding hydrogens is 195 g/mol. The lowest BCUT2D eigenvalue weighted by Gasteiger charge is -2.31. The summed E-state index contributed by atoms with van der Waals surface area (Å²) in [5, 5.41) is 8.84. The molecule has 0 bridgehead atoms. The summed E-state index contributed by atoms with van der Waals surface area (Å²) < 4.78 is 36.0. The number of piperidine rings is 1. The fourth-order valence-electron chi connectivity index (χ4n) is 1.59. The van der Waals surface area contributed by atoms with Crippen molar-refractivity contribution in [2.24, 2.45) is 5.92 Å². The van der Waals surface area contributed by atoms with Crippen LogP contribution in [0.15, 0.2) is 0 Å². The average molecular weight is 211 g/mol. The summed E-state index contributed by atoms with van der Waals surface area (Å²) in [4.78, 5) is 1.68. The van der Waals surface area contributed by atoms with Gasteiger partial charge in [-0.3, -0.25) is 0 Å². The SMILES string of the molecule is CC1CCN(C[C@H](O)C(F)(F)F)CC1. The van der Waals surface area contributed by atoms with Crippen LogP contribution in [0.4, 0.5) is 13.2 Å². The van der Waals surface area contributed by atoms with E-state index >= 15 is 0 Å². The highest BCUT2D eigenvalue weighted by molar-refractivity contribution is 4.75. The lowest BCUT2D eigenvalue weighted by Crippen LogP contribution is -2.43. The van der Waals surface area contributed by atoms with Crippen LogP contribution in [-0.4, -0.2) is 41.9 Å². The second kappa shape index (κ2) is 4.49. The monoisotopic (exact) mass is 211 g/mol. The van der Waals surface area contributed by atoms with Gasteiger partial charge in [0.1, 0.15) is 0 Å². The highest BCUT2D eigenvalue weighted by atomic mass is 19.4. The van der Waals surface area contributed by atoms with Crippen molar-refractivity contribution in [2.75, 3.05) is 19.6 Å². The Morgan fingerprint density at radius 2 is 1.86 bits per heavy atom. The molecule has 0 aromatic rings. The third kappa shape index (κ3) is 3.46. The molecule has 0 spiro atoms. The number of aliphatic hydroxyl groups is 1. The van der Waals surface area contributed by atoms with Gasteiger partial charge in [-0.1, -0.05) is 6.92 Å². The Hall–Kier alpha value is -0.290. The molecule has 0 aromatic heterocycles. The van der Waals surface area contributed by atoms with E-state index in [1.54, 1.807) is 4.90 Å². The van der Waals surface area contributed by atoms with Crippen molar-refractivity contribution in [2.45, 2.75) is 32.0 Å². The van der Waals surface area contributed by atoms with Gasteiger partial charge in [-0.2, -0.15) is 13.2 Å². The minimum Gasteiger partial charge on any atom is -0.382 e. The standard InChI is InChI=1S/C9H16F3NO/c1-7-2-4-13(5-3-7)6-8(14)9(10,11)12/h7-8,14H,2-6H2,1H3/t8-/m0/s1. The molecular formula is C9H16F3NO. The topological polar surface area (TPSA) is 23.5 Å². The van der Waals surface area contributed by atoms with E-state index < -0.39 is 12.3 Å². The van der Waals surface area contributed by atoms with E-state index in [9.17, 15) is 13.2 Å². The fourth-order valence-corrected chi connectivity index (χ4v) is 1.59. The molecule has 0 aliphatic carbocycles. The number of likely N-dealkylation sites (tertiary alicyclic amines) is 1. The van der Waals surface area contributed by atoms with Gasteiger partial charge in [-0.05, 0) is 31.8 Å². The molecule has 0 saturated carbocycles. The number of hydrogen-bond acceptors (Lipinski definition) is 2. The van der Waals surface area contributed by atoms with Crippen molar-refractivity contribution in [3.63, 3.8) is 0 Å². The van der Waals surface area contributed by atoms with Crippen molar-refractivity contribution in [3.05, 3.63) is 0 Å².